The van der Waals surface area contributed by atoms with Crippen LogP contribution in [0, 0.1) is 0 Å². The molecule has 84 valence electrons. The van der Waals surface area contributed by atoms with Crippen molar-refractivity contribution in [3.05, 3.63) is 52.7 Å². The van der Waals surface area contributed by atoms with Gasteiger partial charge < -0.3 is 5.32 Å². The summed E-state index contributed by atoms with van der Waals surface area (Å²) in [6.07, 6.45) is 3.71. The van der Waals surface area contributed by atoms with E-state index in [-0.39, 0.29) is 0 Å². The van der Waals surface area contributed by atoms with Gasteiger partial charge in [0.2, 0.25) is 0 Å². The van der Waals surface area contributed by atoms with E-state index in [2.05, 4.69) is 47.1 Å². The number of nitrogens with one attached hydrogen (secondary N) is 1. The molecule has 0 aliphatic carbocycles. The molecule has 0 saturated carbocycles. The zero-order valence-electron chi connectivity index (χ0n) is 9.36. The first-order valence-corrected chi connectivity index (χ1v) is 6.64. The topological polar surface area (TPSA) is 12.0 Å². The van der Waals surface area contributed by atoms with Gasteiger partial charge in [0, 0.05) is 17.1 Å². The Bertz CT molecular complexity index is 380. The lowest BCUT2D eigenvalue weighted by Gasteiger charge is -2.05. The average Bonchev–Trinajstić information content (AvgIpc) is 2.83. The predicted molar refractivity (Wildman–Crippen MR) is 72.2 cm³/mol. The lowest BCUT2D eigenvalue weighted by atomic mass is 10.2. The van der Waals surface area contributed by atoms with Crippen LogP contribution in [0.15, 0.2) is 47.8 Å². The molecule has 0 fully saturated rings. The van der Waals surface area contributed by atoms with Gasteiger partial charge in [-0.25, -0.2) is 0 Å². The van der Waals surface area contributed by atoms with Crippen molar-refractivity contribution in [1.29, 1.82) is 0 Å². The zero-order chi connectivity index (χ0) is 11.1. The summed E-state index contributed by atoms with van der Waals surface area (Å²) in [7, 11) is 0. The number of anilines is 1. The molecule has 1 aromatic heterocycles. The Morgan fingerprint density at radius 1 is 0.938 bits per heavy atom. The Labute approximate surface area is 101 Å². The highest BCUT2D eigenvalue weighted by atomic mass is 32.1. The Kier molecular flexibility index (Phi) is 4.44. The summed E-state index contributed by atoms with van der Waals surface area (Å²) in [5, 5.41) is 5.58. The van der Waals surface area contributed by atoms with Gasteiger partial charge in [-0.2, -0.15) is 0 Å². The molecule has 0 bridgehead atoms. The minimum Gasteiger partial charge on any atom is -0.385 e. The molecule has 0 atom stereocenters. The number of hydrogen-bond acceptors (Lipinski definition) is 2. The lowest BCUT2D eigenvalue weighted by molar-refractivity contribution is 0.770. The highest BCUT2D eigenvalue weighted by molar-refractivity contribution is 7.09. The molecule has 0 aliphatic heterocycles. The van der Waals surface area contributed by atoms with Crippen molar-refractivity contribution in [2.24, 2.45) is 0 Å². The minimum absolute atomic E-state index is 1.06. The molecular formula is C14H17NS. The van der Waals surface area contributed by atoms with Crippen LogP contribution in [0.3, 0.4) is 0 Å². The molecule has 2 heteroatoms. The first kappa shape index (κ1) is 11.2. The van der Waals surface area contributed by atoms with E-state index in [0.717, 1.165) is 6.54 Å². The van der Waals surface area contributed by atoms with Crippen LogP contribution in [0.5, 0.6) is 0 Å². The van der Waals surface area contributed by atoms with E-state index in [0.29, 0.717) is 0 Å². The fraction of sp³-hybridized carbons (Fsp3) is 0.286. The second-order valence-corrected chi connectivity index (χ2v) is 4.86. The largest absolute Gasteiger partial charge is 0.385 e. The van der Waals surface area contributed by atoms with E-state index < -0.39 is 0 Å². The van der Waals surface area contributed by atoms with Crippen molar-refractivity contribution in [2.45, 2.75) is 19.3 Å². The maximum atomic E-state index is 3.43. The van der Waals surface area contributed by atoms with Gasteiger partial charge in [-0.1, -0.05) is 24.3 Å². The fourth-order valence-corrected chi connectivity index (χ4v) is 2.42. The summed E-state index contributed by atoms with van der Waals surface area (Å²) in [6.45, 7) is 1.06. The van der Waals surface area contributed by atoms with Gasteiger partial charge in [0.15, 0.2) is 0 Å². The van der Waals surface area contributed by atoms with Crippen LogP contribution >= 0.6 is 11.3 Å². The molecule has 0 amide bonds. The van der Waals surface area contributed by atoms with Crippen molar-refractivity contribution in [1.82, 2.24) is 0 Å². The third-order valence-electron chi connectivity index (χ3n) is 2.53. The van der Waals surface area contributed by atoms with Crippen LogP contribution < -0.4 is 5.32 Å². The zero-order valence-corrected chi connectivity index (χ0v) is 10.2. The number of thiophene rings is 1. The summed E-state index contributed by atoms with van der Waals surface area (Å²) in [6, 6.07) is 14.7. The Balaban J connectivity index is 1.59. The third kappa shape index (κ3) is 3.70. The minimum atomic E-state index is 1.06. The standard InChI is InChI=1S/C14H17NS/c1-2-7-13(8-3-1)15-11-5-4-9-14-10-6-12-16-14/h1-3,6-8,10,12,15H,4-5,9,11H2. The highest BCUT2D eigenvalue weighted by Gasteiger charge is 1.94. The Hall–Kier alpha value is -1.28. The van der Waals surface area contributed by atoms with Gasteiger partial charge in [0.1, 0.15) is 0 Å². The molecule has 2 aromatic rings. The quantitative estimate of drug-likeness (QED) is 0.735. The molecule has 1 N–H and O–H groups in total. The smallest absolute Gasteiger partial charge is 0.0340 e. The maximum Gasteiger partial charge on any atom is 0.0340 e. The monoisotopic (exact) mass is 231 g/mol. The van der Waals surface area contributed by atoms with Gasteiger partial charge in [-0.15, -0.1) is 11.3 Å². The van der Waals surface area contributed by atoms with Gasteiger partial charge in [0.05, 0.1) is 0 Å². The molecule has 0 aliphatic rings. The molecule has 1 heterocycles. The lowest BCUT2D eigenvalue weighted by Crippen LogP contribution is -2.01. The van der Waals surface area contributed by atoms with E-state index in [4.69, 9.17) is 0 Å². The molecule has 1 aromatic carbocycles. The van der Waals surface area contributed by atoms with Crippen molar-refractivity contribution < 1.29 is 0 Å². The van der Waals surface area contributed by atoms with Crippen LogP contribution in [0.25, 0.3) is 0 Å². The highest BCUT2D eigenvalue weighted by Crippen LogP contribution is 2.12. The second-order valence-electron chi connectivity index (χ2n) is 3.83. The summed E-state index contributed by atoms with van der Waals surface area (Å²) in [5.41, 5.74) is 1.22. The van der Waals surface area contributed by atoms with Crippen molar-refractivity contribution in [3.63, 3.8) is 0 Å². The van der Waals surface area contributed by atoms with Crippen LogP contribution in [0.1, 0.15) is 17.7 Å². The van der Waals surface area contributed by atoms with Crippen LogP contribution in [-0.2, 0) is 6.42 Å². The van der Waals surface area contributed by atoms with E-state index >= 15 is 0 Å². The Morgan fingerprint density at radius 3 is 2.56 bits per heavy atom. The number of hydrogen-bond donors (Lipinski definition) is 1. The van der Waals surface area contributed by atoms with E-state index in [9.17, 15) is 0 Å². The van der Waals surface area contributed by atoms with Crippen LogP contribution in [0.2, 0.25) is 0 Å². The number of benzene rings is 1. The SMILES string of the molecule is c1ccc(NCCCCc2cccs2)cc1. The number of aryl methyl sites for hydroxylation is 1. The molecular weight excluding hydrogens is 214 g/mol. The molecule has 16 heavy (non-hydrogen) atoms. The first-order chi connectivity index (χ1) is 7.95. The third-order valence-corrected chi connectivity index (χ3v) is 3.47. The van der Waals surface area contributed by atoms with Gasteiger partial charge in [0.25, 0.3) is 0 Å². The van der Waals surface area contributed by atoms with Crippen molar-refractivity contribution in [2.75, 3.05) is 11.9 Å². The second kappa shape index (κ2) is 6.33. The predicted octanol–water partition coefficient (Wildman–Crippen LogP) is 4.18. The molecule has 0 saturated heterocycles. The van der Waals surface area contributed by atoms with Gasteiger partial charge >= 0.3 is 0 Å². The Morgan fingerprint density at radius 2 is 1.81 bits per heavy atom. The molecule has 2 rings (SSSR count). The number of para-hydroxylation sites is 1. The van der Waals surface area contributed by atoms with Crippen molar-refractivity contribution in [3.8, 4) is 0 Å². The molecule has 0 radical (unpaired) electrons. The molecule has 1 nitrogen and oxygen atoms in total. The van der Waals surface area contributed by atoms with Gasteiger partial charge in [-0.05, 0) is 42.8 Å². The maximum absolute atomic E-state index is 3.43. The van der Waals surface area contributed by atoms with E-state index in [1.165, 1.54) is 29.8 Å². The first-order valence-electron chi connectivity index (χ1n) is 5.76. The number of unbranched alkanes of at least 4 members (excludes halogenated alkanes) is 1. The summed E-state index contributed by atoms with van der Waals surface area (Å²) >= 11 is 1.86. The average molecular weight is 231 g/mol. The van der Waals surface area contributed by atoms with E-state index in [1.54, 1.807) is 0 Å². The molecule has 0 spiro atoms. The normalized spacial score (nSPS) is 10.2. The van der Waals surface area contributed by atoms with E-state index in [1.807, 2.05) is 17.4 Å². The summed E-state index contributed by atoms with van der Waals surface area (Å²) < 4.78 is 0. The van der Waals surface area contributed by atoms with Crippen molar-refractivity contribution >= 4 is 17.0 Å². The number of rotatable bonds is 6. The van der Waals surface area contributed by atoms with Crippen LogP contribution in [-0.4, -0.2) is 6.54 Å². The molecule has 0 unspecified atom stereocenters. The summed E-state index contributed by atoms with van der Waals surface area (Å²) in [5.74, 6) is 0. The summed E-state index contributed by atoms with van der Waals surface area (Å²) in [4.78, 5) is 1.50. The van der Waals surface area contributed by atoms with Gasteiger partial charge in [-0.3, -0.25) is 0 Å². The van der Waals surface area contributed by atoms with Crippen LogP contribution in [0.4, 0.5) is 5.69 Å². The fourth-order valence-electron chi connectivity index (χ4n) is 1.67.